The monoisotopic (exact) mass is 246 g/mol. The van der Waals surface area contributed by atoms with Crippen LogP contribution >= 0.6 is 0 Å². The number of anilines is 2. The molecule has 0 bridgehead atoms. The van der Waals surface area contributed by atoms with E-state index < -0.39 is 0 Å². The van der Waals surface area contributed by atoms with Crippen LogP contribution in [0.5, 0.6) is 0 Å². The zero-order valence-corrected chi connectivity index (χ0v) is 10.7. The number of para-hydroxylation sites is 1. The number of nitrogens with one attached hydrogen (secondary N) is 1. The molecule has 1 aromatic carbocycles. The summed E-state index contributed by atoms with van der Waals surface area (Å²) in [6, 6.07) is 8.08. The highest BCUT2D eigenvalue weighted by molar-refractivity contribution is 5.89. The molecule has 0 aliphatic carbocycles. The van der Waals surface area contributed by atoms with Gasteiger partial charge in [-0.15, -0.1) is 0 Å². The van der Waals surface area contributed by atoms with Crippen LogP contribution in [0.3, 0.4) is 0 Å². The van der Waals surface area contributed by atoms with Gasteiger partial charge in [0.2, 0.25) is 5.95 Å². The number of aromatic nitrogens is 2. The average molecular weight is 246 g/mol. The molecule has 1 unspecified atom stereocenters. The van der Waals surface area contributed by atoms with E-state index >= 15 is 0 Å². The first-order valence-corrected chi connectivity index (χ1v) is 5.98. The predicted octanol–water partition coefficient (Wildman–Crippen LogP) is 2.05. The molecule has 0 radical (unpaired) electrons. The highest BCUT2D eigenvalue weighted by Crippen LogP contribution is 2.21. The molecule has 0 aliphatic heterocycles. The number of nitrogen functional groups attached to an aromatic ring is 1. The Hall–Kier alpha value is -1.88. The summed E-state index contributed by atoms with van der Waals surface area (Å²) in [7, 11) is 1.70. The summed E-state index contributed by atoms with van der Waals surface area (Å²) >= 11 is 0. The normalized spacial score (nSPS) is 12.6. The minimum Gasteiger partial charge on any atom is -0.385 e. The maximum absolute atomic E-state index is 5.71. The van der Waals surface area contributed by atoms with E-state index in [4.69, 9.17) is 10.5 Å². The topological polar surface area (TPSA) is 73.1 Å². The number of hydrogen-bond donors (Lipinski definition) is 2. The fraction of sp³-hybridized carbons (Fsp3) is 0.385. The van der Waals surface area contributed by atoms with Crippen molar-refractivity contribution in [2.75, 3.05) is 24.8 Å². The Kier molecular flexibility index (Phi) is 3.94. The molecular formula is C13H18N4O. The summed E-state index contributed by atoms with van der Waals surface area (Å²) in [6.45, 7) is 2.80. The van der Waals surface area contributed by atoms with Gasteiger partial charge in [-0.05, 0) is 25.5 Å². The first kappa shape index (κ1) is 12.6. The quantitative estimate of drug-likeness (QED) is 0.844. The van der Waals surface area contributed by atoms with Crippen molar-refractivity contribution in [3.05, 3.63) is 24.3 Å². The number of nitrogens with zero attached hydrogens (tertiary/aromatic N) is 2. The minimum atomic E-state index is 0.266. The van der Waals surface area contributed by atoms with Crippen molar-refractivity contribution in [1.29, 1.82) is 0 Å². The average Bonchev–Trinajstić information content (AvgIpc) is 2.36. The molecule has 1 heterocycles. The molecule has 0 saturated heterocycles. The van der Waals surface area contributed by atoms with E-state index in [1.807, 2.05) is 24.3 Å². The minimum absolute atomic E-state index is 0.266. The van der Waals surface area contributed by atoms with E-state index in [2.05, 4.69) is 22.2 Å². The first-order valence-electron chi connectivity index (χ1n) is 5.98. The fourth-order valence-electron chi connectivity index (χ4n) is 1.80. The van der Waals surface area contributed by atoms with Crippen LogP contribution in [0.15, 0.2) is 24.3 Å². The highest BCUT2D eigenvalue weighted by atomic mass is 16.5. The van der Waals surface area contributed by atoms with Crippen molar-refractivity contribution in [3.8, 4) is 0 Å². The zero-order valence-electron chi connectivity index (χ0n) is 10.7. The van der Waals surface area contributed by atoms with Gasteiger partial charge in [0.25, 0.3) is 0 Å². The molecule has 0 aliphatic rings. The van der Waals surface area contributed by atoms with Crippen molar-refractivity contribution in [3.63, 3.8) is 0 Å². The Balaban J connectivity index is 2.26. The van der Waals surface area contributed by atoms with Crippen molar-refractivity contribution >= 4 is 22.7 Å². The molecule has 96 valence electrons. The molecule has 0 saturated carbocycles. The molecule has 5 nitrogen and oxygen atoms in total. The number of hydrogen-bond acceptors (Lipinski definition) is 5. The Bertz CT molecular complexity index is 529. The zero-order chi connectivity index (χ0) is 13.0. The summed E-state index contributed by atoms with van der Waals surface area (Å²) in [6.07, 6.45) is 0.911. The van der Waals surface area contributed by atoms with E-state index in [1.54, 1.807) is 7.11 Å². The molecule has 0 amide bonds. The molecule has 2 aromatic rings. The second-order valence-corrected chi connectivity index (χ2v) is 4.27. The van der Waals surface area contributed by atoms with Gasteiger partial charge >= 0.3 is 0 Å². The molecule has 2 rings (SSSR count). The number of ether oxygens (including phenoxy) is 1. The van der Waals surface area contributed by atoms with Crippen LogP contribution in [0.2, 0.25) is 0 Å². The molecule has 5 heteroatoms. The molecular weight excluding hydrogens is 228 g/mol. The van der Waals surface area contributed by atoms with Crippen LogP contribution in [0.1, 0.15) is 13.3 Å². The number of methoxy groups -OCH3 is 1. The van der Waals surface area contributed by atoms with Gasteiger partial charge in [-0.3, -0.25) is 0 Å². The second kappa shape index (κ2) is 5.64. The lowest BCUT2D eigenvalue weighted by Gasteiger charge is -2.15. The lowest BCUT2D eigenvalue weighted by Crippen LogP contribution is -2.18. The predicted molar refractivity (Wildman–Crippen MR) is 73.5 cm³/mol. The molecule has 1 aromatic heterocycles. The van der Waals surface area contributed by atoms with Crippen LogP contribution in [-0.4, -0.2) is 29.7 Å². The number of rotatable bonds is 5. The summed E-state index contributed by atoms with van der Waals surface area (Å²) in [5, 5.41) is 4.33. The summed E-state index contributed by atoms with van der Waals surface area (Å²) < 4.78 is 5.06. The largest absolute Gasteiger partial charge is 0.385 e. The van der Waals surface area contributed by atoms with Crippen LogP contribution < -0.4 is 11.1 Å². The van der Waals surface area contributed by atoms with Crippen LogP contribution in [0.25, 0.3) is 10.9 Å². The maximum atomic E-state index is 5.71. The lowest BCUT2D eigenvalue weighted by molar-refractivity contribution is 0.191. The third-order valence-corrected chi connectivity index (χ3v) is 2.76. The third-order valence-electron chi connectivity index (χ3n) is 2.76. The number of fused-ring (bicyclic) bond motifs is 1. The Labute approximate surface area is 106 Å². The van der Waals surface area contributed by atoms with Gasteiger partial charge in [0, 0.05) is 25.1 Å². The third kappa shape index (κ3) is 2.87. The van der Waals surface area contributed by atoms with E-state index in [0.29, 0.717) is 6.61 Å². The SMILES string of the molecule is COCCC(C)Nc1nc(N)nc2ccccc12. The van der Waals surface area contributed by atoms with Crippen molar-refractivity contribution in [2.45, 2.75) is 19.4 Å². The number of benzene rings is 1. The van der Waals surface area contributed by atoms with E-state index in [-0.39, 0.29) is 12.0 Å². The van der Waals surface area contributed by atoms with Gasteiger partial charge in [-0.1, -0.05) is 12.1 Å². The van der Waals surface area contributed by atoms with E-state index in [0.717, 1.165) is 23.1 Å². The Morgan fingerprint density at radius 3 is 2.89 bits per heavy atom. The lowest BCUT2D eigenvalue weighted by atomic mass is 10.2. The molecule has 18 heavy (non-hydrogen) atoms. The fourth-order valence-corrected chi connectivity index (χ4v) is 1.80. The number of nitrogens with two attached hydrogens (primary N) is 1. The second-order valence-electron chi connectivity index (χ2n) is 4.27. The van der Waals surface area contributed by atoms with Crippen molar-refractivity contribution in [2.24, 2.45) is 0 Å². The van der Waals surface area contributed by atoms with Gasteiger partial charge in [0.15, 0.2) is 0 Å². The van der Waals surface area contributed by atoms with Gasteiger partial charge in [-0.25, -0.2) is 4.98 Å². The van der Waals surface area contributed by atoms with Gasteiger partial charge in [-0.2, -0.15) is 4.98 Å². The molecule has 3 N–H and O–H groups in total. The summed E-state index contributed by atoms with van der Waals surface area (Å²) in [5.41, 5.74) is 6.57. The van der Waals surface area contributed by atoms with Gasteiger partial charge in [0.1, 0.15) is 5.82 Å². The molecule has 1 atom stereocenters. The standard InChI is InChI=1S/C13H18N4O/c1-9(7-8-18-2)15-12-10-5-3-4-6-11(10)16-13(14)17-12/h3-6,9H,7-8H2,1-2H3,(H3,14,15,16,17). The molecule has 0 spiro atoms. The smallest absolute Gasteiger partial charge is 0.222 e. The highest BCUT2D eigenvalue weighted by Gasteiger charge is 2.08. The first-order chi connectivity index (χ1) is 8.70. The van der Waals surface area contributed by atoms with Crippen molar-refractivity contribution in [1.82, 2.24) is 9.97 Å². The van der Waals surface area contributed by atoms with Gasteiger partial charge in [0.05, 0.1) is 5.52 Å². The maximum Gasteiger partial charge on any atom is 0.222 e. The van der Waals surface area contributed by atoms with E-state index in [1.165, 1.54) is 0 Å². The summed E-state index contributed by atoms with van der Waals surface area (Å²) in [4.78, 5) is 8.47. The Morgan fingerprint density at radius 1 is 1.33 bits per heavy atom. The van der Waals surface area contributed by atoms with Crippen molar-refractivity contribution < 1.29 is 4.74 Å². The van der Waals surface area contributed by atoms with Gasteiger partial charge < -0.3 is 15.8 Å². The summed E-state index contributed by atoms with van der Waals surface area (Å²) in [5.74, 6) is 1.07. The molecule has 0 fully saturated rings. The van der Waals surface area contributed by atoms with Crippen LogP contribution in [-0.2, 0) is 4.74 Å². The van der Waals surface area contributed by atoms with E-state index in [9.17, 15) is 0 Å². The van der Waals surface area contributed by atoms with Crippen LogP contribution in [0.4, 0.5) is 11.8 Å². The van der Waals surface area contributed by atoms with Crippen LogP contribution in [0, 0.1) is 0 Å². The Morgan fingerprint density at radius 2 is 2.11 bits per heavy atom.